The Hall–Kier alpha value is -1.22. The van der Waals surface area contributed by atoms with Gasteiger partial charge in [-0.25, -0.2) is 0 Å². The Morgan fingerprint density at radius 2 is 2.38 bits per heavy atom. The SMILES string of the molecule is COC1CCOc2cc(O)ccc21. The maximum Gasteiger partial charge on any atom is 0.128 e. The Morgan fingerprint density at radius 3 is 3.15 bits per heavy atom. The molecule has 0 fully saturated rings. The molecule has 0 bridgehead atoms. The van der Waals surface area contributed by atoms with E-state index in [0.717, 1.165) is 17.7 Å². The van der Waals surface area contributed by atoms with Gasteiger partial charge in [0.1, 0.15) is 11.5 Å². The molecular weight excluding hydrogens is 168 g/mol. The molecule has 1 N–H and O–H groups in total. The van der Waals surface area contributed by atoms with Crippen molar-refractivity contribution in [2.45, 2.75) is 12.5 Å². The molecule has 70 valence electrons. The summed E-state index contributed by atoms with van der Waals surface area (Å²) in [6, 6.07) is 5.12. The van der Waals surface area contributed by atoms with E-state index in [1.807, 2.05) is 6.07 Å². The first kappa shape index (κ1) is 8.38. The lowest BCUT2D eigenvalue weighted by Crippen LogP contribution is -2.15. The highest BCUT2D eigenvalue weighted by atomic mass is 16.5. The first-order valence-corrected chi connectivity index (χ1v) is 4.30. The van der Waals surface area contributed by atoms with E-state index >= 15 is 0 Å². The van der Waals surface area contributed by atoms with Crippen molar-refractivity contribution < 1.29 is 14.6 Å². The van der Waals surface area contributed by atoms with E-state index in [0.29, 0.717) is 6.61 Å². The third-order valence-corrected chi connectivity index (χ3v) is 2.27. The van der Waals surface area contributed by atoms with Gasteiger partial charge in [0.2, 0.25) is 0 Å². The van der Waals surface area contributed by atoms with Gasteiger partial charge in [0.15, 0.2) is 0 Å². The first-order chi connectivity index (χ1) is 6.31. The molecule has 13 heavy (non-hydrogen) atoms. The lowest BCUT2D eigenvalue weighted by molar-refractivity contribution is 0.0635. The van der Waals surface area contributed by atoms with Crippen LogP contribution in [0.3, 0.4) is 0 Å². The molecule has 0 radical (unpaired) electrons. The Bertz CT molecular complexity index is 309. The fourth-order valence-corrected chi connectivity index (χ4v) is 1.59. The number of benzene rings is 1. The maximum atomic E-state index is 9.23. The van der Waals surface area contributed by atoms with Crippen LogP contribution in [-0.2, 0) is 4.74 Å². The molecule has 1 aromatic carbocycles. The van der Waals surface area contributed by atoms with E-state index < -0.39 is 0 Å². The highest BCUT2D eigenvalue weighted by Gasteiger charge is 2.20. The Kier molecular flexibility index (Phi) is 2.10. The Labute approximate surface area is 76.9 Å². The van der Waals surface area contributed by atoms with Gasteiger partial charge in [-0.05, 0) is 12.1 Å². The van der Waals surface area contributed by atoms with Crippen molar-refractivity contribution >= 4 is 0 Å². The van der Waals surface area contributed by atoms with Crippen molar-refractivity contribution in [1.29, 1.82) is 0 Å². The molecule has 0 aliphatic carbocycles. The highest BCUT2D eigenvalue weighted by molar-refractivity contribution is 5.42. The topological polar surface area (TPSA) is 38.7 Å². The molecular formula is C10H12O3. The summed E-state index contributed by atoms with van der Waals surface area (Å²) in [5, 5.41) is 9.23. The molecule has 1 unspecified atom stereocenters. The van der Waals surface area contributed by atoms with Crippen LogP contribution in [0.2, 0.25) is 0 Å². The van der Waals surface area contributed by atoms with Crippen LogP contribution in [-0.4, -0.2) is 18.8 Å². The summed E-state index contributed by atoms with van der Waals surface area (Å²) in [6.07, 6.45) is 0.971. The summed E-state index contributed by atoms with van der Waals surface area (Å²) in [5.41, 5.74) is 1.02. The second-order valence-corrected chi connectivity index (χ2v) is 3.08. The van der Waals surface area contributed by atoms with Gasteiger partial charge >= 0.3 is 0 Å². The van der Waals surface area contributed by atoms with Crippen molar-refractivity contribution in [3.05, 3.63) is 23.8 Å². The van der Waals surface area contributed by atoms with Crippen LogP contribution in [0.1, 0.15) is 18.1 Å². The number of fused-ring (bicyclic) bond motifs is 1. The van der Waals surface area contributed by atoms with Gasteiger partial charge in [-0.15, -0.1) is 0 Å². The largest absolute Gasteiger partial charge is 0.508 e. The number of hydrogen-bond donors (Lipinski definition) is 1. The zero-order chi connectivity index (χ0) is 9.26. The minimum atomic E-state index is 0.101. The van der Waals surface area contributed by atoms with E-state index in [2.05, 4.69) is 0 Å². The molecule has 1 aliphatic rings. The molecule has 0 saturated heterocycles. The Balaban J connectivity index is 2.40. The van der Waals surface area contributed by atoms with E-state index in [1.54, 1.807) is 19.2 Å². The Morgan fingerprint density at radius 1 is 1.54 bits per heavy atom. The zero-order valence-corrected chi connectivity index (χ0v) is 7.49. The minimum Gasteiger partial charge on any atom is -0.508 e. The molecule has 0 spiro atoms. The van der Waals surface area contributed by atoms with Crippen LogP contribution >= 0.6 is 0 Å². The molecule has 3 heteroatoms. The van der Waals surface area contributed by atoms with Crippen molar-refractivity contribution in [1.82, 2.24) is 0 Å². The van der Waals surface area contributed by atoms with Crippen LogP contribution in [0.4, 0.5) is 0 Å². The third kappa shape index (κ3) is 1.47. The number of ether oxygens (including phenoxy) is 2. The zero-order valence-electron chi connectivity index (χ0n) is 7.49. The van der Waals surface area contributed by atoms with Gasteiger partial charge in [-0.1, -0.05) is 0 Å². The lowest BCUT2D eigenvalue weighted by Gasteiger charge is -2.24. The molecule has 3 nitrogen and oxygen atoms in total. The molecule has 1 aromatic rings. The van der Waals surface area contributed by atoms with Crippen molar-refractivity contribution in [2.75, 3.05) is 13.7 Å². The number of methoxy groups -OCH3 is 1. The molecule has 1 heterocycles. The fourth-order valence-electron chi connectivity index (χ4n) is 1.59. The van der Waals surface area contributed by atoms with Gasteiger partial charge in [-0.3, -0.25) is 0 Å². The molecule has 1 atom stereocenters. The number of phenolic OH excluding ortho intramolecular Hbond substituents is 1. The average molecular weight is 180 g/mol. The quantitative estimate of drug-likeness (QED) is 0.717. The lowest BCUT2D eigenvalue weighted by atomic mass is 10.0. The van der Waals surface area contributed by atoms with Crippen molar-refractivity contribution in [3.63, 3.8) is 0 Å². The second-order valence-electron chi connectivity index (χ2n) is 3.08. The van der Waals surface area contributed by atoms with Gasteiger partial charge in [0.05, 0.1) is 12.7 Å². The summed E-state index contributed by atoms with van der Waals surface area (Å²) < 4.78 is 10.7. The first-order valence-electron chi connectivity index (χ1n) is 4.30. The number of phenols is 1. The fraction of sp³-hybridized carbons (Fsp3) is 0.400. The van der Waals surface area contributed by atoms with Crippen molar-refractivity contribution in [3.8, 4) is 11.5 Å². The second kappa shape index (κ2) is 3.26. The van der Waals surface area contributed by atoms with E-state index in [-0.39, 0.29) is 11.9 Å². The summed E-state index contributed by atoms with van der Waals surface area (Å²) in [5.74, 6) is 0.966. The van der Waals surface area contributed by atoms with Gasteiger partial charge < -0.3 is 14.6 Å². The molecule has 1 aliphatic heterocycles. The smallest absolute Gasteiger partial charge is 0.128 e. The number of rotatable bonds is 1. The van der Waals surface area contributed by atoms with Gasteiger partial charge in [0.25, 0.3) is 0 Å². The van der Waals surface area contributed by atoms with Crippen LogP contribution < -0.4 is 4.74 Å². The van der Waals surface area contributed by atoms with Crippen LogP contribution in [0, 0.1) is 0 Å². The maximum absolute atomic E-state index is 9.23. The molecule has 0 saturated carbocycles. The van der Waals surface area contributed by atoms with E-state index in [4.69, 9.17) is 9.47 Å². The molecule has 0 amide bonds. The monoisotopic (exact) mass is 180 g/mol. The predicted octanol–water partition coefficient (Wildman–Crippen LogP) is 1.86. The molecule has 2 rings (SSSR count). The number of hydrogen-bond acceptors (Lipinski definition) is 3. The summed E-state index contributed by atoms with van der Waals surface area (Å²) in [7, 11) is 1.69. The van der Waals surface area contributed by atoms with Gasteiger partial charge in [0, 0.05) is 25.2 Å². The highest BCUT2D eigenvalue weighted by Crippen LogP contribution is 2.35. The summed E-state index contributed by atoms with van der Waals surface area (Å²) in [6.45, 7) is 0.648. The average Bonchev–Trinajstić information content (AvgIpc) is 2.16. The standard InChI is InChI=1S/C10H12O3/c1-12-9-4-5-13-10-6-7(11)2-3-8(9)10/h2-3,6,9,11H,4-5H2,1H3. The van der Waals surface area contributed by atoms with Crippen LogP contribution in [0.5, 0.6) is 11.5 Å². The molecule has 0 aromatic heterocycles. The van der Waals surface area contributed by atoms with Crippen LogP contribution in [0.15, 0.2) is 18.2 Å². The normalized spacial score (nSPS) is 20.5. The van der Waals surface area contributed by atoms with E-state index in [9.17, 15) is 5.11 Å². The predicted molar refractivity (Wildman–Crippen MR) is 48.0 cm³/mol. The minimum absolute atomic E-state index is 0.101. The van der Waals surface area contributed by atoms with Crippen LogP contribution in [0.25, 0.3) is 0 Å². The van der Waals surface area contributed by atoms with Crippen molar-refractivity contribution in [2.24, 2.45) is 0 Å². The third-order valence-electron chi connectivity index (χ3n) is 2.27. The summed E-state index contributed by atoms with van der Waals surface area (Å²) >= 11 is 0. The van der Waals surface area contributed by atoms with Gasteiger partial charge in [-0.2, -0.15) is 0 Å². The van der Waals surface area contributed by atoms with E-state index in [1.165, 1.54) is 0 Å². The summed E-state index contributed by atoms with van der Waals surface area (Å²) in [4.78, 5) is 0. The number of aromatic hydroxyl groups is 1.